The lowest BCUT2D eigenvalue weighted by Crippen LogP contribution is -2.63. The molecule has 1 saturated carbocycles. The fourth-order valence-electron chi connectivity index (χ4n) is 2.06. The van der Waals surface area contributed by atoms with Crippen LogP contribution in [0, 0.1) is 0 Å². The second kappa shape index (κ2) is 5.60. The van der Waals surface area contributed by atoms with Gasteiger partial charge in [0.05, 0.1) is 6.10 Å². The first-order valence-corrected chi connectivity index (χ1v) is 6.82. The molecular formula is C14H25NO5. The van der Waals surface area contributed by atoms with Gasteiger partial charge in [0, 0.05) is 13.2 Å². The Labute approximate surface area is 120 Å². The Morgan fingerprint density at radius 1 is 1.25 bits per heavy atom. The third-order valence-electron chi connectivity index (χ3n) is 3.58. The number of carboxylic acids is 1. The largest absolute Gasteiger partial charge is 0.479 e. The molecule has 0 heterocycles. The number of methoxy groups -OCH3 is 1. The summed E-state index contributed by atoms with van der Waals surface area (Å²) in [4.78, 5) is 25.5. The molecule has 0 aliphatic heterocycles. The highest BCUT2D eigenvalue weighted by molar-refractivity contribution is 5.85. The van der Waals surface area contributed by atoms with E-state index >= 15 is 0 Å². The van der Waals surface area contributed by atoms with Crippen LogP contribution in [0.4, 0.5) is 4.79 Å². The fourth-order valence-corrected chi connectivity index (χ4v) is 2.06. The smallest absolute Gasteiger partial charge is 0.411 e. The molecule has 1 N–H and O–H groups in total. The monoisotopic (exact) mass is 287 g/mol. The van der Waals surface area contributed by atoms with Gasteiger partial charge in [-0.15, -0.1) is 0 Å². The van der Waals surface area contributed by atoms with Crippen LogP contribution in [0.5, 0.6) is 0 Å². The summed E-state index contributed by atoms with van der Waals surface area (Å²) in [6.45, 7) is 8.43. The lowest BCUT2D eigenvalue weighted by Gasteiger charge is -2.41. The fraction of sp³-hybridized carbons (Fsp3) is 0.857. The normalized spacial score (nSPS) is 19.9. The molecule has 0 aromatic rings. The van der Waals surface area contributed by atoms with E-state index < -0.39 is 29.3 Å². The molecule has 1 fully saturated rings. The number of nitrogens with zero attached hydrogens (tertiary/aromatic N) is 1. The number of carbonyl (C=O) groups is 2. The summed E-state index contributed by atoms with van der Waals surface area (Å²) in [5, 5.41) is 9.60. The molecule has 20 heavy (non-hydrogen) atoms. The first kappa shape index (κ1) is 16.8. The van der Waals surface area contributed by atoms with Crippen molar-refractivity contribution >= 4 is 12.1 Å². The van der Waals surface area contributed by atoms with Crippen molar-refractivity contribution in [3.63, 3.8) is 0 Å². The Bertz CT molecular complexity index is 386. The van der Waals surface area contributed by atoms with Gasteiger partial charge < -0.3 is 14.6 Å². The van der Waals surface area contributed by atoms with Gasteiger partial charge in [0.1, 0.15) is 5.60 Å². The van der Waals surface area contributed by atoms with E-state index in [9.17, 15) is 14.7 Å². The third-order valence-corrected chi connectivity index (χ3v) is 3.58. The molecule has 6 nitrogen and oxygen atoms in total. The molecule has 116 valence electrons. The number of carbonyl (C=O) groups excluding carboxylic acids is 1. The zero-order valence-corrected chi connectivity index (χ0v) is 13.1. The Hall–Kier alpha value is -1.30. The molecule has 1 rings (SSSR count). The maximum Gasteiger partial charge on any atom is 0.411 e. The Balaban J connectivity index is 3.10. The molecule has 6 heteroatoms. The van der Waals surface area contributed by atoms with E-state index in [1.165, 1.54) is 18.9 Å². The Morgan fingerprint density at radius 2 is 1.75 bits per heavy atom. The zero-order chi connectivity index (χ0) is 15.7. The van der Waals surface area contributed by atoms with Crippen LogP contribution in [-0.4, -0.2) is 52.5 Å². The van der Waals surface area contributed by atoms with Crippen molar-refractivity contribution < 1.29 is 24.2 Å². The Morgan fingerprint density at radius 3 is 2.05 bits per heavy atom. The molecule has 0 aromatic carbocycles. The summed E-state index contributed by atoms with van der Waals surface area (Å²) in [5.74, 6) is -1.09. The van der Waals surface area contributed by atoms with E-state index in [2.05, 4.69) is 0 Å². The predicted octanol–water partition coefficient (Wildman–Crippen LogP) is 2.26. The average Bonchev–Trinajstić information content (AvgIpc) is 3.09. The number of amides is 1. The van der Waals surface area contributed by atoms with Gasteiger partial charge in [0.2, 0.25) is 0 Å². The average molecular weight is 287 g/mol. The highest BCUT2D eigenvalue weighted by Crippen LogP contribution is 2.36. The number of aliphatic carboxylic acids is 1. The van der Waals surface area contributed by atoms with Gasteiger partial charge in [0.25, 0.3) is 0 Å². The summed E-state index contributed by atoms with van der Waals surface area (Å²) >= 11 is 0. The maximum atomic E-state index is 12.4. The number of ether oxygens (including phenoxy) is 2. The van der Waals surface area contributed by atoms with Gasteiger partial charge >= 0.3 is 12.1 Å². The number of carboxylic acid groups (broad SMARTS) is 1. The highest BCUT2D eigenvalue weighted by Gasteiger charge is 2.54. The number of hydrogen-bond donors (Lipinski definition) is 1. The van der Waals surface area contributed by atoms with Crippen LogP contribution in [0.25, 0.3) is 0 Å². The standard InChI is InChI=1S/C14H25NO5/c1-9(19-6)14(5,11(16)17)15(10-7-8-10)12(18)20-13(2,3)4/h9-10H,7-8H2,1-6H3,(H,16,17). The van der Waals surface area contributed by atoms with E-state index in [1.807, 2.05) is 0 Å². The summed E-state index contributed by atoms with van der Waals surface area (Å²) in [5.41, 5.74) is -2.11. The second-order valence-corrected chi connectivity index (χ2v) is 6.41. The molecule has 1 aliphatic rings. The lowest BCUT2D eigenvalue weighted by atomic mass is 9.93. The van der Waals surface area contributed by atoms with Gasteiger partial charge in [-0.1, -0.05) is 0 Å². The molecule has 0 aromatic heterocycles. The maximum absolute atomic E-state index is 12.4. The summed E-state index contributed by atoms with van der Waals surface area (Å²) in [6.07, 6.45) is 0.332. The first-order valence-electron chi connectivity index (χ1n) is 6.82. The van der Waals surface area contributed by atoms with Gasteiger partial charge in [0.15, 0.2) is 5.54 Å². The molecule has 1 aliphatic carbocycles. The highest BCUT2D eigenvalue weighted by atomic mass is 16.6. The van der Waals surface area contributed by atoms with E-state index in [-0.39, 0.29) is 6.04 Å². The van der Waals surface area contributed by atoms with Crippen LogP contribution in [0.1, 0.15) is 47.5 Å². The lowest BCUT2D eigenvalue weighted by molar-refractivity contribution is -0.159. The molecule has 0 bridgehead atoms. The molecular weight excluding hydrogens is 262 g/mol. The Kier molecular flexibility index (Phi) is 4.69. The van der Waals surface area contributed by atoms with E-state index in [1.54, 1.807) is 27.7 Å². The molecule has 0 radical (unpaired) electrons. The number of hydrogen-bond acceptors (Lipinski definition) is 4. The van der Waals surface area contributed by atoms with Crippen LogP contribution in [0.15, 0.2) is 0 Å². The minimum atomic E-state index is -1.45. The van der Waals surface area contributed by atoms with Crippen LogP contribution in [0.3, 0.4) is 0 Å². The molecule has 1 amide bonds. The summed E-state index contributed by atoms with van der Waals surface area (Å²) in [7, 11) is 1.44. The second-order valence-electron chi connectivity index (χ2n) is 6.41. The first-order chi connectivity index (χ1) is 9.04. The van der Waals surface area contributed by atoms with Crippen molar-refractivity contribution in [1.82, 2.24) is 4.90 Å². The van der Waals surface area contributed by atoms with Gasteiger partial charge in [-0.2, -0.15) is 0 Å². The van der Waals surface area contributed by atoms with Crippen LogP contribution >= 0.6 is 0 Å². The van der Waals surface area contributed by atoms with Crippen LogP contribution < -0.4 is 0 Å². The van der Waals surface area contributed by atoms with Gasteiger partial charge in [-0.25, -0.2) is 9.59 Å². The minimum Gasteiger partial charge on any atom is -0.479 e. The van der Waals surface area contributed by atoms with Gasteiger partial charge in [-0.3, -0.25) is 4.90 Å². The quantitative estimate of drug-likeness (QED) is 0.839. The van der Waals surface area contributed by atoms with E-state index in [4.69, 9.17) is 9.47 Å². The molecule has 0 saturated heterocycles. The predicted molar refractivity (Wildman–Crippen MR) is 73.6 cm³/mol. The SMILES string of the molecule is COC(C)C(C)(C(=O)O)N(C(=O)OC(C)(C)C)C1CC1. The molecule has 0 spiro atoms. The molecule has 2 unspecified atom stereocenters. The van der Waals surface area contributed by atoms with E-state index in [0.717, 1.165) is 12.8 Å². The third kappa shape index (κ3) is 3.42. The van der Waals surface area contributed by atoms with Crippen molar-refractivity contribution in [3.05, 3.63) is 0 Å². The van der Waals surface area contributed by atoms with Gasteiger partial charge in [-0.05, 0) is 47.5 Å². The van der Waals surface area contributed by atoms with Crippen molar-refractivity contribution in [2.75, 3.05) is 7.11 Å². The summed E-state index contributed by atoms with van der Waals surface area (Å²) < 4.78 is 10.5. The van der Waals surface area contributed by atoms with Crippen molar-refractivity contribution in [3.8, 4) is 0 Å². The summed E-state index contributed by atoms with van der Waals surface area (Å²) in [6, 6.07) is -0.0939. The van der Waals surface area contributed by atoms with E-state index in [0.29, 0.717) is 0 Å². The van der Waals surface area contributed by atoms with Crippen molar-refractivity contribution in [2.24, 2.45) is 0 Å². The van der Waals surface area contributed by atoms with Crippen LogP contribution in [-0.2, 0) is 14.3 Å². The van der Waals surface area contributed by atoms with Crippen LogP contribution in [0.2, 0.25) is 0 Å². The van der Waals surface area contributed by atoms with Crippen molar-refractivity contribution in [2.45, 2.75) is 70.7 Å². The topological polar surface area (TPSA) is 76.1 Å². The number of rotatable bonds is 5. The molecule has 2 atom stereocenters. The minimum absolute atomic E-state index is 0.0939. The zero-order valence-electron chi connectivity index (χ0n) is 13.1. The van der Waals surface area contributed by atoms with Crippen molar-refractivity contribution in [1.29, 1.82) is 0 Å².